The lowest BCUT2D eigenvalue weighted by atomic mass is 10.2. The third kappa shape index (κ3) is 4.36. The van der Waals surface area contributed by atoms with Crippen molar-refractivity contribution in [2.45, 2.75) is 12.5 Å². The molecule has 1 rings (SSSR count). The number of nitrogens with one attached hydrogen (secondary N) is 1. The highest BCUT2D eigenvalue weighted by atomic mass is 79.9. The summed E-state index contributed by atoms with van der Waals surface area (Å²) in [6.07, 6.45) is 0.941. The molecule has 0 saturated heterocycles. The number of anilines is 1. The summed E-state index contributed by atoms with van der Waals surface area (Å²) in [5.41, 5.74) is 5.38. The van der Waals surface area contributed by atoms with Gasteiger partial charge in [0.15, 0.2) is 5.82 Å². The Labute approximate surface area is 113 Å². The van der Waals surface area contributed by atoms with E-state index in [4.69, 9.17) is 10.8 Å². The number of carboxylic acid groups (broad SMARTS) is 1. The first-order valence-electron chi connectivity index (χ1n) is 4.36. The molecule has 0 fully saturated rings. The second-order valence-corrected chi connectivity index (χ2v) is 4.59. The molecule has 1 amide bonds. The molecule has 1 atom stereocenters. The van der Waals surface area contributed by atoms with Gasteiger partial charge in [-0.25, -0.2) is 9.97 Å². The lowest BCUT2D eigenvalue weighted by Gasteiger charge is -2.10. The van der Waals surface area contributed by atoms with E-state index >= 15 is 0 Å². The highest BCUT2D eigenvalue weighted by Gasteiger charge is 2.18. The van der Waals surface area contributed by atoms with Gasteiger partial charge in [-0.3, -0.25) is 9.59 Å². The summed E-state index contributed by atoms with van der Waals surface area (Å²) < 4.78 is 0.819. The number of carbonyl (C=O) groups excluding carboxylic acids is 1. The van der Waals surface area contributed by atoms with E-state index in [1.165, 1.54) is 6.20 Å². The third-order valence-corrected chi connectivity index (χ3v) is 2.61. The fourth-order valence-electron chi connectivity index (χ4n) is 0.921. The van der Waals surface area contributed by atoms with Crippen LogP contribution in [0.3, 0.4) is 0 Å². The molecule has 9 heteroatoms. The molecule has 0 bridgehead atoms. The van der Waals surface area contributed by atoms with Crippen molar-refractivity contribution in [3.63, 3.8) is 0 Å². The molecule has 92 valence electrons. The van der Waals surface area contributed by atoms with Gasteiger partial charge in [0.2, 0.25) is 5.91 Å². The van der Waals surface area contributed by atoms with Gasteiger partial charge in [0.1, 0.15) is 9.21 Å². The van der Waals surface area contributed by atoms with Gasteiger partial charge in [-0.1, -0.05) is 0 Å². The van der Waals surface area contributed by atoms with Crippen LogP contribution in [0.2, 0.25) is 0 Å². The van der Waals surface area contributed by atoms with E-state index in [0.717, 1.165) is 0 Å². The minimum Gasteiger partial charge on any atom is -0.481 e. The second kappa shape index (κ2) is 6.03. The molecule has 4 N–H and O–H groups in total. The number of nitrogens with zero attached hydrogens (tertiary/aromatic N) is 2. The van der Waals surface area contributed by atoms with Crippen molar-refractivity contribution >= 4 is 49.6 Å². The van der Waals surface area contributed by atoms with E-state index in [2.05, 4.69) is 47.1 Å². The Bertz CT molecular complexity index is 454. The molecule has 0 saturated carbocycles. The van der Waals surface area contributed by atoms with Crippen LogP contribution in [0, 0.1) is 0 Å². The average Bonchev–Trinajstić information content (AvgIpc) is 2.21. The van der Waals surface area contributed by atoms with Gasteiger partial charge in [0, 0.05) is 0 Å². The SMILES string of the molecule is NC(CC(=O)O)C(=O)Nc1ncc(Br)nc1Br. The minimum absolute atomic E-state index is 0.180. The van der Waals surface area contributed by atoms with E-state index in [9.17, 15) is 9.59 Å². The Hall–Kier alpha value is -1.06. The number of amides is 1. The predicted molar refractivity (Wildman–Crippen MR) is 66.3 cm³/mol. The van der Waals surface area contributed by atoms with E-state index in [1.807, 2.05) is 0 Å². The summed E-state index contributed by atoms with van der Waals surface area (Å²) in [5, 5.41) is 10.9. The zero-order chi connectivity index (χ0) is 13.0. The van der Waals surface area contributed by atoms with Crippen LogP contribution in [0.25, 0.3) is 0 Å². The fourth-order valence-corrected chi connectivity index (χ4v) is 1.83. The summed E-state index contributed by atoms with van der Waals surface area (Å²) in [6.45, 7) is 0. The van der Waals surface area contributed by atoms with Crippen LogP contribution in [0.15, 0.2) is 15.4 Å². The maximum absolute atomic E-state index is 11.5. The first-order chi connectivity index (χ1) is 7.90. The van der Waals surface area contributed by atoms with Gasteiger partial charge in [0.05, 0.1) is 18.7 Å². The molecule has 7 nitrogen and oxygen atoms in total. The smallest absolute Gasteiger partial charge is 0.305 e. The zero-order valence-corrected chi connectivity index (χ0v) is 11.5. The summed E-state index contributed by atoms with van der Waals surface area (Å²) >= 11 is 6.21. The fraction of sp³-hybridized carbons (Fsp3) is 0.250. The first kappa shape index (κ1) is 14.0. The topological polar surface area (TPSA) is 118 Å². The van der Waals surface area contributed by atoms with Gasteiger partial charge in [0.25, 0.3) is 0 Å². The molecular weight excluding hydrogens is 360 g/mol. The number of hydrogen-bond acceptors (Lipinski definition) is 5. The number of carbonyl (C=O) groups is 2. The zero-order valence-electron chi connectivity index (χ0n) is 8.35. The lowest BCUT2D eigenvalue weighted by Crippen LogP contribution is -2.37. The van der Waals surface area contributed by atoms with Gasteiger partial charge >= 0.3 is 5.97 Å². The van der Waals surface area contributed by atoms with Crippen LogP contribution >= 0.6 is 31.9 Å². The van der Waals surface area contributed by atoms with Crippen LogP contribution in [0.1, 0.15) is 6.42 Å². The van der Waals surface area contributed by atoms with E-state index in [0.29, 0.717) is 9.21 Å². The first-order valence-corrected chi connectivity index (χ1v) is 5.95. The highest BCUT2D eigenvalue weighted by molar-refractivity contribution is 9.11. The number of aliphatic carboxylic acids is 1. The number of nitrogens with two attached hydrogens (primary N) is 1. The van der Waals surface area contributed by atoms with Crippen molar-refractivity contribution in [2.75, 3.05) is 5.32 Å². The number of aromatic nitrogens is 2. The average molecular weight is 368 g/mol. The van der Waals surface area contributed by atoms with Crippen molar-refractivity contribution < 1.29 is 14.7 Å². The lowest BCUT2D eigenvalue weighted by molar-refractivity contribution is -0.138. The largest absolute Gasteiger partial charge is 0.481 e. The van der Waals surface area contributed by atoms with Gasteiger partial charge in [-0.15, -0.1) is 0 Å². The maximum atomic E-state index is 11.5. The number of rotatable bonds is 4. The predicted octanol–water partition coefficient (Wildman–Crippen LogP) is 0.742. The van der Waals surface area contributed by atoms with Crippen LogP contribution in [0.5, 0.6) is 0 Å². The molecule has 0 aliphatic carbocycles. The number of hydrogen-bond donors (Lipinski definition) is 3. The van der Waals surface area contributed by atoms with E-state index in [1.54, 1.807) is 0 Å². The normalized spacial score (nSPS) is 11.9. The Balaban J connectivity index is 2.71. The molecule has 0 spiro atoms. The Morgan fingerprint density at radius 2 is 2.18 bits per heavy atom. The van der Waals surface area contributed by atoms with Crippen LogP contribution in [-0.2, 0) is 9.59 Å². The Morgan fingerprint density at radius 3 is 2.71 bits per heavy atom. The standard InChI is InChI=1S/C8H8Br2N4O3/c9-4-2-12-7(6(10)13-4)14-8(17)3(11)1-5(15)16/h2-3H,1,11H2,(H,15,16)(H,12,14,17). The molecule has 0 aliphatic heterocycles. The Morgan fingerprint density at radius 1 is 1.53 bits per heavy atom. The molecular formula is C8H8Br2N4O3. The number of carboxylic acids is 1. The molecule has 1 heterocycles. The molecule has 1 unspecified atom stereocenters. The van der Waals surface area contributed by atoms with Crippen molar-refractivity contribution in [2.24, 2.45) is 5.73 Å². The molecule has 1 aromatic rings. The van der Waals surface area contributed by atoms with Crippen molar-refractivity contribution in [3.05, 3.63) is 15.4 Å². The molecule has 0 radical (unpaired) electrons. The highest BCUT2D eigenvalue weighted by Crippen LogP contribution is 2.19. The molecule has 1 aromatic heterocycles. The molecule has 17 heavy (non-hydrogen) atoms. The summed E-state index contributed by atoms with van der Waals surface area (Å²) in [5.74, 6) is -1.60. The van der Waals surface area contributed by atoms with Crippen molar-refractivity contribution in [1.82, 2.24) is 9.97 Å². The summed E-state index contributed by atoms with van der Waals surface area (Å²) in [6, 6.07) is -1.13. The van der Waals surface area contributed by atoms with Crippen LogP contribution in [0.4, 0.5) is 5.82 Å². The Kier molecular flexibility index (Phi) is 4.97. The number of halogens is 2. The summed E-state index contributed by atoms with van der Waals surface area (Å²) in [4.78, 5) is 29.7. The maximum Gasteiger partial charge on any atom is 0.305 e. The van der Waals surface area contributed by atoms with Crippen molar-refractivity contribution in [1.29, 1.82) is 0 Å². The second-order valence-electron chi connectivity index (χ2n) is 3.03. The van der Waals surface area contributed by atoms with Crippen molar-refractivity contribution in [3.8, 4) is 0 Å². The van der Waals surface area contributed by atoms with Crippen LogP contribution in [-0.4, -0.2) is 33.0 Å². The van der Waals surface area contributed by atoms with Gasteiger partial charge in [-0.05, 0) is 31.9 Å². The van der Waals surface area contributed by atoms with Gasteiger partial charge < -0.3 is 16.2 Å². The molecule has 0 aliphatic rings. The molecule has 0 aromatic carbocycles. The minimum atomic E-state index is -1.14. The summed E-state index contributed by atoms with van der Waals surface area (Å²) in [7, 11) is 0. The van der Waals surface area contributed by atoms with E-state index in [-0.39, 0.29) is 5.82 Å². The van der Waals surface area contributed by atoms with Gasteiger partial charge in [-0.2, -0.15) is 0 Å². The third-order valence-electron chi connectivity index (χ3n) is 1.67. The monoisotopic (exact) mass is 366 g/mol. The quantitative estimate of drug-likeness (QED) is 0.722. The van der Waals surface area contributed by atoms with E-state index < -0.39 is 24.3 Å². The van der Waals surface area contributed by atoms with Crippen LogP contribution < -0.4 is 11.1 Å².